The summed E-state index contributed by atoms with van der Waals surface area (Å²) < 4.78 is 5.04. The molecule has 1 saturated carbocycles. The Morgan fingerprint density at radius 3 is 2.60 bits per heavy atom. The summed E-state index contributed by atoms with van der Waals surface area (Å²) in [7, 11) is 1.53. The molecule has 0 saturated heterocycles. The Balaban J connectivity index is 2.35. The number of ether oxygens (including phenoxy) is 1. The molecule has 2 rings (SSSR count). The van der Waals surface area contributed by atoms with Crippen LogP contribution in [0.4, 0.5) is 0 Å². The van der Waals surface area contributed by atoms with Crippen LogP contribution in [0.5, 0.6) is 11.5 Å². The summed E-state index contributed by atoms with van der Waals surface area (Å²) >= 11 is 0. The number of hydrogen-bond acceptors (Lipinski definition) is 3. The third kappa shape index (κ3) is 1.92. The minimum absolute atomic E-state index is 0.165. The second kappa shape index (κ2) is 3.42. The predicted octanol–water partition coefficient (Wildman–Crippen LogP) is 1.78. The van der Waals surface area contributed by atoms with Gasteiger partial charge in [-0.25, -0.2) is 0 Å². The van der Waals surface area contributed by atoms with Crippen molar-refractivity contribution < 1.29 is 14.9 Å². The van der Waals surface area contributed by atoms with E-state index in [9.17, 15) is 10.2 Å². The first-order valence-corrected chi connectivity index (χ1v) is 5.13. The summed E-state index contributed by atoms with van der Waals surface area (Å²) in [6, 6.07) is 3.64. The van der Waals surface area contributed by atoms with Crippen LogP contribution in [0.1, 0.15) is 24.0 Å². The lowest BCUT2D eigenvalue weighted by atomic mass is 10.00. The molecule has 15 heavy (non-hydrogen) atoms. The molecule has 0 radical (unpaired) electrons. The van der Waals surface area contributed by atoms with E-state index in [1.165, 1.54) is 7.11 Å². The van der Waals surface area contributed by atoms with Crippen molar-refractivity contribution in [1.82, 2.24) is 0 Å². The average Bonchev–Trinajstić information content (AvgIpc) is 2.92. The molecule has 1 aliphatic rings. The molecule has 0 atom stereocenters. The summed E-state index contributed by atoms with van der Waals surface area (Å²) in [6.07, 6.45) is 2.16. The van der Waals surface area contributed by atoms with E-state index in [0.717, 1.165) is 24.0 Å². The van der Waals surface area contributed by atoms with Crippen molar-refractivity contribution in [2.75, 3.05) is 7.11 Å². The Morgan fingerprint density at radius 1 is 1.40 bits per heavy atom. The van der Waals surface area contributed by atoms with Crippen LogP contribution in [0.15, 0.2) is 12.1 Å². The summed E-state index contributed by atoms with van der Waals surface area (Å²) in [4.78, 5) is 0. The van der Waals surface area contributed by atoms with Crippen LogP contribution >= 0.6 is 0 Å². The largest absolute Gasteiger partial charge is 0.504 e. The lowest BCUT2D eigenvalue weighted by molar-refractivity contribution is 0.149. The van der Waals surface area contributed by atoms with Crippen LogP contribution in [-0.4, -0.2) is 22.9 Å². The number of hydrogen-bond donors (Lipinski definition) is 2. The molecule has 0 amide bonds. The van der Waals surface area contributed by atoms with E-state index in [4.69, 9.17) is 4.74 Å². The van der Waals surface area contributed by atoms with Crippen molar-refractivity contribution in [1.29, 1.82) is 0 Å². The van der Waals surface area contributed by atoms with Crippen LogP contribution in [0.3, 0.4) is 0 Å². The third-order valence-electron chi connectivity index (χ3n) is 3.03. The van der Waals surface area contributed by atoms with Crippen LogP contribution in [-0.2, 0) is 6.42 Å². The van der Waals surface area contributed by atoms with Gasteiger partial charge in [0.1, 0.15) is 0 Å². The highest BCUT2D eigenvalue weighted by atomic mass is 16.5. The topological polar surface area (TPSA) is 49.7 Å². The number of rotatable bonds is 3. The number of benzene rings is 1. The molecular formula is C12H16O3. The highest BCUT2D eigenvalue weighted by Crippen LogP contribution is 2.42. The molecule has 0 aliphatic heterocycles. The Hall–Kier alpha value is -1.22. The van der Waals surface area contributed by atoms with E-state index in [2.05, 4.69) is 0 Å². The monoisotopic (exact) mass is 208 g/mol. The first-order chi connectivity index (χ1) is 7.06. The van der Waals surface area contributed by atoms with Gasteiger partial charge in [-0.15, -0.1) is 0 Å². The van der Waals surface area contributed by atoms with E-state index in [1.54, 1.807) is 6.07 Å². The highest BCUT2D eigenvalue weighted by molar-refractivity contribution is 5.50. The Kier molecular flexibility index (Phi) is 2.35. The zero-order valence-corrected chi connectivity index (χ0v) is 9.08. The molecular weight excluding hydrogens is 192 g/mol. The van der Waals surface area contributed by atoms with E-state index in [-0.39, 0.29) is 5.75 Å². The maximum Gasteiger partial charge on any atom is 0.161 e. The lowest BCUT2D eigenvalue weighted by Gasteiger charge is -2.14. The highest BCUT2D eigenvalue weighted by Gasteiger charge is 2.41. The van der Waals surface area contributed by atoms with Crippen molar-refractivity contribution in [3.8, 4) is 11.5 Å². The van der Waals surface area contributed by atoms with Crippen molar-refractivity contribution >= 4 is 0 Å². The van der Waals surface area contributed by atoms with Gasteiger partial charge in [0, 0.05) is 12.0 Å². The molecule has 0 unspecified atom stereocenters. The maximum atomic E-state index is 9.92. The van der Waals surface area contributed by atoms with Crippen LogP contribution in [0.25, 0.3) is 0 Å². The molecule has 82 valence electrons. The van der Waals surface area contributed by atoms with Crippen molar-refractivity contribution in [2.24, 2.45) is 0 Å². The Labute approximate surface area is 89.3 Å². The first-order valence-electron chi connectivity index (χ1n) is 5.13. The number of methoxy groups -OCH3 is 1. The molecule has 0 heterocycles. The SMILES string of the molecule is COc1ccc(C)c(CC2(O)CC2)c1O. The second-order valence-corrected chi connectivity index (χ2v) is 4.31. The van der Waals surface area contributed by atoms with Gasteiger partial charge in [0.25, 0.3) is 0 Å². The fourth-order valence-electron chi connectivity index (χ4n) is 1.75. The molecule has 0 spiro atoms. The molecule has 3 heteroatoms. The van der Waals surface area contributed by atoms with Crippen LogP contribution in [0, 0.1) is 6.92 Å². The van der Waals surface area contributed by atoms with Gasteiger partial charge >= 0.3 is 0 Å². The number of phenolic OH excluding ortho intramolecular Hbond substituents is 1. The second-order valence-electron chi connectivity index (χ2n) is 4.31. The minimum Gasteiger partial charge on any atom is -0.504 e. The van der Waals surface area contributed by atoms with Crippen molar-refractivity contribution in [2.45, 2.75) is 31.8 Å². The standard InChI is InChI=1S/C12H16O3/c1-8-3-4-10(15-2)11(13)9(8)7-12(14)5-6-12/h3-4,13-14H,5-7H2,1-2H3. The molecule has 0 bridgehead atoms. The van der Waals surface area contributed by atoms with Crippen LogP contribution in [0.2, 0.25) is 0 Å². The molecule has 2 N–H and O–H groups in total. The Bertz CT molecular complexity index is 381. The van der Waals surface area contributed by atoms with Crippen molar-refractivity contribution in [3.05, 3.63) is 23.3 Å². The maximum absolute atomic E-state index is 9.92. The van der Waals surface area contributed by atoms with Gasteiger partial charge < -0.3 is 14.9 Å². The van der Waals surface area contributed by atoms with E-state index < -0.39 is 5.60 Å². The fraction of sp³-hybridized carbons (Fsp3) is 0.500. The Morgan fingerprint density at radius 2 is 2.07 bits per heavy atom. The van der Waals surface area contributed by atoms with Crippen LogP contribution < -0.4 is 4.74 Å². The van der Waals surface area contributed by atoms with Gasteiger partial charge in [-0.1, -0.05) is 6.07 Å². The van der Waals surface area contributed by atoms with Crippen molar-refractivity contribution in [3.63, 3.8) is 0 Å². The molecule has 3 nitrogen and oxygen atoms in total. The number of aryl methyl sites for hydroxylation is 1. The van der Waals surface area contributed by atoms with E-state index >= 15 is 0 Å². The quantitative estimate of drug-likeness (QED) is 0.796. The van der Waals surface area contributed by atoms with Gasteiger partial charge in [0.05, 0.1) is 12.7 Å². The van der Waals surface area contributed by atoms with Gasteiger partial charge in [-0.3, -0.25) is 0 Å². The fourth-order valence-corrected chi connectivity index (χ4v) is 1.75. The number of aromatic hydroxyl groups is 1. The molecule has 1 fully saturated rings. The van der Waals surface area contributed by atoms with Gasteiger partial charge in [-0.05, 0) is 31.4 Å². The molecule has 1 aromatic rings. The van der Waals surface area contributed by atoms with Gasteiger partial charge in [0.2, 0.25) is 0 Å². The number of phenols is 1. The normalized spacial score (nSPS) is 17.5. The number of aliphatic hydroxyl groups is 1. The summed E-state index contributed by atoms with van der Waals surface area (Å²) in [6.45, 7) is 1.93. The van der Waals surface area contributed by atoms with E-state index in [1.807, 2.05) is 13.0 Å². The first kappa shape index (κ1) is 10.3. The van der Waals surface area contributed by atoms with E-state index in [0.29, 0.717) is 12.2 Å². The zero-order chi connectivity index (χ0) is 11.1. The lowest BCUT2D eigenvalue weighted by Crippen LogP contribution is -2.12. The molecule has 0 aromatic heterocycles. The zero-order valence-electron chi connectivity index (χ0n) is 9.08. The van der Waals surface area contributed by atoms with Gasteiger partial charge in [0.15, 0.2) is 11.5 Å². The molecule has 1 aromatic carbocycles. The predicted molar refractivity (Wildman–Crippen MR) is 57.3 cm³/mol. The summed E-state index contributed by atoms with van der Waals surface area (Å²) in [5.74, 6) is 0.637. The van der Waals surface area contributed by atoms with Gasteiger partial charge in [-0.2, -0.15) is 0 Å². The molecule has 1 aliphatic carbocycles. The summed E-state index contributed by atoms with van der Waals surface area (Å²) in [5.41, 5.74) is 1.21. The third-order valence-corrected chi connectivity index (χ3v) is 3.03. The minimum atomic E-state index is -0.589. The summed E-state index contributed by atoms with van der Waals surface area (Å²) in [5, 5.41) is 19.8. The smallest absolute Gasteiger partial charge is 0.161 e. The average molecular weight is 208 g/mol.